The number of hydrogen-bond donors (Lipinski definition) is 0. The van der Waals surface area contributed by atoms with Gasteiger partial charge in [-0.15, -0.1) is 0 Å². The van der Waals surface area contributed by atoms with Gasteiger partial charge in [0, 0.05) is 0 Å². The summed E-state index contributed by atoms with van der Waals surface area (Å²) in [5, 5.41) is 3.85. The van der Waals surface area contributed by atoms with Crippen LogP contribution in [-0.2, 0) is 11.4 Å². The molecule has 0 radical (unpaired) electrons. The van der Waals surface area contributed by atoms with Crippen LogP contribution in [0.25, 0.3) is 6.08 Å². The predicted molar refractivity (Wildman–Crippen MR) is 123 cm³/mol. The highest BCUT2D eigenvalue weighted by atomic mass is 19.2. The number of anilines is 1. The minimum atomic E-state index is -2.34. The first-order valence-electron chi connectivity index (χ1n) is 10.9. The van der Waals surface area contributed by atoms with Crippen LogP contribution in [0.2, 0.25) is 0 Å². The SMILES string of the molecule is CCOc1cc(/C=C2/C(=O)N(c3c(F)c(F)c(F)c(F)c3F)N=C2C)ccc1OCc1ccc(F)cc1. The molecule has 0 N–H and O–H groups in total. The van der Waals surface area contributed by atoms with Crippen LogP contribution in [-0.4, -0.2) is 18.2 Å². The summed E-state index contributed by atoms with van der Waals surface area (Å²) in [6.45, 7) is 3.50. The average Bonchev–Trinajstić information content (AvgIpc) is 3.15. The van der Waals surface area contributed by atoms with Gasteiger partial charge in [0.1, 0.15) is 18.1 Å². The lowest BCUT2D eigenvalue weighted by molar-refractivity contribution is -0.114. The van der Waals surface area contributed by atoms with Crippen molar-refractivity contribution in [1.82, 2.24) is 0 Å². The fourth-order valence-corrected chi connectivity index (χ4v) is 3.53. The number of amides is 1. The van der Waals surface area contributed by atoms with Crippen LogP contribution in [0, 0.1) is 34.9 Å². The van der Waals surface area contributed by atoms with Gasteiger partial charge in [0.15, 0.2) is 34.8 Å². The van der Waals surface area contributed by atoms with Gasteiger partial charge in [-0.1, -0.05) is 18.2 Å². The van der Waals surface area contributed by atoms with E-state index < -0.39 is 40.7 Å². The Morgan fingerprint density at radius 2 is 1.46 bits per heavy atom. The van der Waals surface area contributed by atoms with E-state index in [0.29, 0.717) is 22.6 Å². The number of hydrazone groups is 1. The smallest absolute Gasteiger partial charge is 0.280 e. The lowest BCUT2D eigenvalue weighted by Crippen LogP contribution is -2.25. The Bertz CT molecular complexity index is 1410. The third-order valence-corrected chi connectivity index (χ3v) is 5.35. The predicted octanol–water partition coefficient (Wildman–Crippen LogP) is 6.31. The van der Waals surface area contributed by atoms with E-state index in [1.54, 1.807) is 31.2 Å². The third-order valence-electron chi connectivity index (χ3n) is 5.35. The number of rotatable bonds is 7. The van der Waals surface area contributed by atoms with E-state index in [-0.39, 0.29) is 35.3 Å². The second-order valence-corrected chi connectivity index (χ2v) is 7.83. The molecular formula is C26H18F6N2O3. The van der Waals surface area contributed by atoms with E-state index in [0.717, 1.165) is 0 Å². The Kier molecular flexibility index (Phi) is 7.23. The summed E-state index contributed by atoms with van der Waals surface area (Å²) in [4.78, 5) is 12.9. The molecule has 1 heterocycles. The Hall–Kier alpha value is -4.28. The number of hydrogen-bond acceptors (Lipinski definition) is 4. The van der Waals surface area contributed by atoms with Crippen molar-refractivity contribution in [3.05, 3.63) is 94.1 Å². The van der Waals surface area contributed by atoms with Gasteiger partial charge in [-0.25, -0.2) is 26.3 Å². The lowest BCUT2D eigenvalue weighted by Gasteiger charge is -2.15. The molecule has 5 nitrogen and oxygen atoms in total. The summed E-state index contributed by atoms with van der Waals surface area (Å²) >= 11 is 0. The summed E-state index contributed by atoms with van der Waals surface area (Å²) in [6, 6.07) is 10.4. The second-order valence-electron chi connectivity index (χ2n) is 7.83. The maximum Gasteiger partial charge on any atom is 0.280 e. The van der Waals surface area contributed by atoms with Gasteiger partial charge in [-0.05, 0) is 55.3 Å². The molecule has 4 rings (SSSR count). The zero-order valence-electron chi connectivity index (χ0n) is 19.4. The largest absolute Gasteiger partial charge is 0.490 e. The number of benzene rings is 3. The van der Waals surface area contributed by atoms with Crippen LogP contribution in [0.1, 0.15) is 25.0 Å². The standard InChI is InChI=1S/C26H18F6N2O3/c1-3-36-19-11-15(6-9-18(19)37-12-14-4-7-16(27)8-5-14)10-17-13(2)33-34(26(17)35)25-23(31)21(29)20(28)22(30)24(25)32/h4-11H,3,12H2,1-2H3/b17-10+. The third kappa shape index (κ3) is 5.02. The second kappa shape index (κ2) is 10.4. The number of nitrogens with zero attached hydrogens (tertiary/aromatic N) is 2. The Morgan fingerprint density at radius 3 is 2.08 bits per heavy atom. The van der Waals surface area contributed by atoms with Gasteiger partial charge in [-0.2, -0.15) is 10.1 Å². The normalized spacial score (nSPS) is 14.4. The molecule has 3 aromatic rings. The highest BCUT2D eigenvalue weighted by Crippen LogP contribution is 2.35. The molecular weight excluding hydrogens is 502 g/mol. The fourth-order valence-electron chi connectivity index (χ4n) is 3.53. The Labute approximate surface area is 207 Å². The van der Waals surface area contributed by atoms with Crippen molar-refractivity contribution in [1.29, 1.82) is 0 Å². The van der Waals surface area contributed by atoms with Gasteiger partial charge in [0.2, 0.25) is 5.82 Å². The zero-order valence-corrected chi connectivity index (χ0v) is 19.4. The number of carbonyl (C=O) groups is 1. The Balaban J connectivity index is 1.62. The van der Waals surface area contributed by atoms with Crippen molar-refractivity contribution in [3.63, 3.8) is 0 Å². The minimum absolute atomic E-state index is 0.0106. The molecule has 0 unspecified atom stereocenters. The van der Waals surface area contributed by atoms with Gasteiger partial charge in [0.05, 0.1) is 17.9 Å². The van der Waals surface area contributed by atoms with Crippen LogP contribution in [0.5, 0.6) is 11.5 Å². The molecule has 37 heavy (non-hydrogen) atoms. The van der Waals surface area contributed by atoms with Gasteiger partial charge < -0.3 is 9.47 Å². The van der Waals surface area contributed by atoms with Crippen LogP contribution in [0.15, 0.2) is 53.1 Å². The average molecular weight is 520 g/mol. The van der Waals surface area contributed by atoms with Crippen molar-refractivity contribution in [2.45, 2.75) is 20.5 Å². The summed E-state index contributed by atoms with van der Waals surface area (Å²) in [5.74, 6) is -11.9. The van der Waals surface area contributed by atoms with Crippen LogP contribution >= 0.6 is 0 Å². The first kappa shape index (κ1) is 25.8. The first-order valence-corrected chi connectivity index (χ1v) is 10.9. The van der Waals surface area contributed by atoms with Crippen molar-refractivity contribution >= 4 is 23.4 Å². The van der Waals surface area contributed by atoms with E-state index >= 15 is 0 Å². The minimum Gasteiger partial charge on any atom is -0.490 e. The number of ether oxygens (including phenoxy) is 2. The van der Waals surface area contributed by atoms with Gasteiger partial charge in [-0.3, -0.25) is 4.79 Å². The van der Waals surface area contributed by atoms with E-state index in [1.807, 2.05) is 0 Å². The van der Waals surface area contributed by atoms with Crippen LogP contribution in [0.4, 0.5) is 32.0 Å². The highest BCUT2D eigenvalue weighted by molar-refractivity contribution is 6.32. The highest BCUT2D eigenvalue weighted by Gasteiger charge is 2.37. The first-order chi connectivity index (χ1) is 17.6. The molecule has 0 saturated carbocycles. The molecule has 0 bridgehead atoms. The molecule has 0 saturated heterocycles. The summed E-state index contributed by atoms with van der Waals surface area (Å²) < 4.78 is 93.7. The molecule has 11 heteroatoms. The molecule has 0 spiro atoms. The quantitative estimate of drug-likeness (QED) is 0.159. The molecule has 0 aromatic heterocycles. The summed E-state index contributed by atoms with van der Waals surface area (Å²) in [6.07, 6.45) is 1.33. The zero-order chi connectivity index (χ0) is 26.9. The molecule has 1 aliphatic heterocycles. The van der Waals surface area contributed by atoms with E-state index in [9.17, 15) is 31.1 Å². The van der Waals surface area contributed by atoms with Gasteiger partial charge in [0.25, 0.3) is 5.91 Å². The molecule has 192 valence electrons. The molecule has 3 aromatic carbocycles. The van der Waals surface area contributed by atoms with Crippen molar-refractivity contribution < 1.29 is 40.6 Å². The molecule has 0 aliphatic carbocycles. The lowest BCUT2D eigenvalue weighted by atomic mass is 10.1. The maximum atomic E-state index is 14.3. The Morgan fingerprint density at radius 1 is 0.838 bits per heavy atom. The van der Waals surface area contributed by atoms with Crippen LogP contribution < -0.4 is 14.5 Å². The summed E-state index contributed by atoms with van der Waals surface area (Å²) in [5.41, 5.74) is -0.486. The topological polar surface area (TPSA) is 51.1 Å². The van der Waals surface area contributed by atoms with Crippen molar-refractivity contribution in [2.24, 2.45) is 5.10 Å². The number of carbonyl (C=O) groups excluding carboxylic acids is 1. The van der Waals surface area contributed by atoms with Crippen molar-refractivity contribution in [2.75, 3.05) is 11.6 Å². The fraction of sp³-hybridized carbons (Fsp3) is 0.154. The molecule has 1 aliphatic rings. The summed E-state index contributed by atoms with van der Waals surface area (Å²) in [7, 11) is 0. The van der Waals surface area contributed by atoms with E-state index in [1.165, 1.54) is 31.2 Å². The monoisotopic (exact) mass is 520 g/mol. The molecule has 0 atom stereocenters. The van der Waals surface area contributed by atoms with E-state index in [2.05, 4.69) is 5.10 Å². The van der Waals surface area contributed by atoms with E-state index in [4.69, 9.17) is 9.47 Å². The molecule has 1 amide bonds. The van der Waals surface area contributed by atoms with Gasteiger partial charge >= 0.3 is 0 Å². The number of halogens is 6. The van der Waals surface area contributed by atoms with Crippen molar-refractivity contribution in [3.8, 4) is 11.5 Å². The maximum absolute atomic E-state index is 14.3. The molecule has 0 fully saturated rings. The van der Waals surface area contributed by atoms with Crippen LogP contribution in [0.3, 0.4) is 0 Å².